The second kappa shape index (κ2) is 17.8. The van der Waals surface area contributed by atoms with E-state index in [0.717, 1.165) is 19.4 Å². The van der Waals surface area contributed by atoms with Crippen molar-refractivity contribution in [2.75, 3.05) is 60.0 Å². The van der Waals surface area contributed by atoms with Gasteiger partial charge in [-0.25, -0.2) is 0 Å². The molecule has 31 heavy (non-hydrogen) atoms. The molecular weight excluding hydrogens is 416 g/mol. The van der Waals surface area contributed by atoms with Crippen molar-refractivity contribution in [1.82, 2.24) is 0 Å². The van der Waals surface area contributed by atoms with Crippen LogP contribution in [0.3, 0.4) is 0 Å². The third-order valence-electron chi connectivity index (χ3n) is 3.91. The van der Waals surface area contributed by atoms with Gasteiger partial charge in [0.25, 0.3) is 0 Å². The van der Waals surface area contributed by atoms with E-state index in [1.165, 1.54) is 6.92 Å². The predicted molar refractivity (Wildman–Crippen MR) is 105 cm³/mol. The average molecular weight is 450 g/mol. The monoisotopic (exact) mass is 450 g/mol. The fourth-order valence-electron chi connectivity index (χ4n) is 2.42. The Bertz CT molecular complexity index is 467. The van der Waals surface area contributed by atoms with Gasteiger partial charge in [0.05, 0.1) is 33.0 Å². The molecule has 0 spiro atoms. The van der Waals surface area contributed by atoms with E-state index in [-0.39, 0.29) is 32.0 Å². The third-order valence-corrected chi connectivity index (χ3v) is 3.91. The molecular formula is C20H34O11. The largest absolute Gasteiger partial charge is 0.466 e. The van der Waals surface area contributed by atoms with E-state index in [4.69, 9.17) is 37.9 Å². The van der Waals surface area contributed by atoms with Crippen molar-refractivity contribution in [3.05, 3.63) is 0 Å². The lowest BCUT2D eigenvalue weighted by Crippen LogP contribution is -2.33. The van der Waals surface area contributed by atoms with Crippen LogP contribution in [-0.2, 0) is 52.3 Å². The molecule has 11 nitrogen and oxygen atoms in total. The molecule has 0 saturated carbocycles. The fourth-order valence-corrected chi connectivity index (χ4v) is 2.42. The molecule has 2 fully saturated rings. The number of unbranched alkanes of at least 4 members (excludes halogenated alkanes) is 1. The first-order valence-electron chi connectivity index (χ1n) is 10.4. The van der Waals surface area contributed by atoms with Gasteiger partial charge in [-0.3, -0.25) is 14.4 Å². The maximum Gasteiger partial charge on any atom is 0.308 e. The van der Waals surface area contributed by atoms with E-state index in [9.17, 15) is 14.4 Å². The number of rotatable bonds is 11. The molecule has 2 atom stereocenters. The summed E-state index contributed by atoms with van der Waals surface area (Å²) in [7, 11) is 1.66. The Kier molecular flexibility index (Phi) is 15.7. The number of ether oxygens (including phenoxy) is 8. The van der Waals surface area contributed by atoms with Crippen molar-refractivity contribution in [1.29, 1.82) is 0 Å². The van der Waals surface area contributed by atoms with Crippen molar-refractivity contribution in [2.24, 2.45) is 0 Å². The van der Waals surface area contributed by atoms with E-state index < -0.39 is 24.5 Å². The van der Waals surface area contributed by atoms with Gasteiger partial charge < -0.3 is 37.9 Å². The van der Waals surface area contributed by atoms with Crippen LogP contribution in [0.4, 0.5) is 0 Å². The molecule has 11 heteroatoms. The second-order valence-electron chi connectivity index (χ2n) is 6.62. The van der Waals surface area contributed by atoms with Gasteiger partial charge in [-0.15, -0.1) is 0 Å². The summed E-state index contributed by atoms with van der Waals surface area (Å²) in [6.07, 6.45) is 1.13. The van der Waals surface area contributed by atoms with Gasteiger partial charge in [0.1, 0.15) is 13.2 Å². The Labute approximate surface area is 182 Å². The van der Waals surface area contributed by atoms with Gasteiger partial charge in [0, 0.05) is 33.5 Å². The van der Waals surface area contributed by atoms with E-state index in [2.05, 4.69) is 0 Å². The molecule has 2 aliphatic heterocycles. The molecule has 0 aromatic heterocycles. The van der Waals surface area contributed by atoms with Gasteiger partial charge in [0.2, 0.25) is 12.6 Å². The first kappa shape index (κ1) is 27.2. The highest BCUT2D eigenvalue weighted by Gasteiger charge is 2.20. The van der Waals surface area contributed by atoms with E-state index in [0.29, 0.717) is 39.5 Å². The Balaban J connectivity index is 0.000000407. The zero-order valence-corrected chi connectivity index (χ0v) is 18.3. The maximum atomic E-state index is 11.5. The first-order chi connectivity index (χ1) is 15.0. The van der Waals surface area contributed by atoms with Crippen LogP contribution in [0.15, 0.2) is 0 Å². The number of hydrogen-bond acceptors (Lipinski definition) is 11. The molecule has 0 aliphatic carbocycles. The van der Waals surface area contributed by atoms with Gasteiger partial charge in [-0.05, 0) is 19.3 Å². The lowest BCUT2D eigenvalue weighted by molar-refractivity contribution is -0.215. The molecule has 180 valence electrons. The van der Waals surface area contributed by atoms with Crippen molar-refractivity contribution in [3.63, 3.8) is 0 Å². The standard InChI is InChI=1S/C13H20O8.C7H14O3/c14-10(20-12-8-16-4-6-18-12)2-1-3-11(15)21-13-9-17-5-7-19-13;1-7(8)10-6-4-3-5-9-2/h12-13H,1-9H2;3-6H2,1-2H3. The molecule has 2 heterocycles. The Morgan fingerprint density at radius 3 is 1.71 bits per heavy atom. The Morgan fingerprint density at radius 1 is 0.774 bits per heavy atom. The first-order valence-corrected chi connectivity index (χ1v) is 10.4. The Hall–Kier alpha value is -1.79. The predicted octanol–water partition coefficient (Wildman–Crippen LogP) is 0.965. The van der Waals surface area contributed by atoms with E-state index in [1.807, 2.05) is 0 Å². The highest BCUT2D eigenvalue weighted by molar-refractivity contribution is 5.72. The summed E-state index contributed by atoms with van der Waals surface area (Å²) in [5.74, 6) is -1.05. The zero-order valence-electron chi connectivity index (χ0n) is 18.3. The molecule has 0 aromatic carbocycles. The van der Waals surface area contributed by atoms with Crippen LogP contribution in [0.2, 0.25) is 0 Å². The van der Waals surface area contributed by atoms with Gasteiger partial charge in [-0.2, -0.15) is 0 Å². The van der Waals surface area contributed by atoms with Crippen LogP contribution >= 0.6 is 0 Å². The van der Waals surface area contributed by atoms with Crippen LogP contribution in [0.5, 0.6) is 0 Å². The number of methoxy groups -OCH3 is 1. The van der Waals surface area contributed by atoms with Gasteiger partial charge in [0.15, 0.2) is 0 Å². The molecule has 2 unspecified atom stereocenters. The summed E-state index contributed by atoms with van der Waals surface area (Å²) in [5.41, 5.74) is 0. The number of hydrogen-bond donors (Lipinski definition) is 0. The van der Waals surface area contributed by atoms with Crippen molar-refractivity contribution >= 4 is 17.9 Å². The van der Waals surface area contributed by atoms with Crippen LogP contribution in [0, 0.1) is 0 Å². The van der Waals surface area contributed by atoms with Gasteiger partial charge >= 0.3 is 17.9 Å². The number of esters is 3. The molecule has 2 rings (SSSR count). The minimum Gasteiger partial charge on any atom is -0.466 e. The minimum absolute atomic E-state index is 0.122. The quantitative estimate of drug-likeness (QED) is 0.254. The second-order valence-corrected chi connectivity index (χ2v) is 6.62. The van der Waals surface area contributed by atoms with E-state index >= 15 is 0 Å². The average Bonchev–Trinajstić information content (AvgIpc) is 2.75. The SMILES string of the molecule is COCCCCOC(C)=O.O=C(CCCC(=O)OC1COCCO1)OC1COCCO1. The molecule has 0 aromatic rings. The van der Waals surface area contributed by atoms with Crippen LogP contribution < -0.4 is 0 Å². The normalized spacial score (nSPS) is 20.7. The smallest absolute Gasteiger partial charge is 0.308 e. The molecule has 2 saturated heterocycles. The van der Waals surface area contributed by atoms with Crippen LogP contribution in [0.25, 0.3) is 0 Å². The van der Waals surface area contributed by atoms with Crippen molar-refractivity contribution in [2.45, 2.75) is 51.6 Å². The summed E-state index contributed by atoms with van der Waals surface area (Å²) < 4.78 is 40.2. The highest BCUT2D eigenvalue weighted by Crippen LogP contribution is 2.08. The van der Waals surface area contributed by atoms with Crippen molar-refractivity contribution in [3.8, 4) is 0 Å². The summed E-state index contributed by atoms with van der Waals surface area (Å²) >= 11 is 0. The van der Waals surface area contributed by atoms with Crippen molar-refractivity contribution < 1.29 is 52.3 Å². The fraction of sp³-hybridized carbons (Fsp3) is 0.850. The summed E-state index contributed by atoms with van der Waals surface area (Å²) in [4.78, 5) is 33.3. The van der Waals surface area contributed by atoms with E-state index in [1.54, 1.807) is 7.11 Å². The number of carbonyl (C=O) groups excluding carboxylic acids is 3. The molecule has 0 bridgehead atoms. The molecule has 2 aliphatic rings. The summed E-state index contributed by atoms with van der Waals surface area (Å²) in [5, 5.41) is 0. The zero-order chi connectivity index (χ0) is 22.7. The lowest BCUT2D eigenvalue weighted by atomic mass is 10.2. The molecule has 0 radical (unpaired) electrons. The summed E-state index contributed by atoms with van der Waals surface area (Å²) in [6, 6.07) is 0. The Morgan fingerprint density at radius 2 is 1.29 bits per heavy atom. The van der Waals surface area contributed by atoms with Gasteiger partial charge in [-0.1, -0.05) is 0 Å². The molecule has 0 amide bonds. The lowest BCUT2D eigenvalue weighted by Gasteiger charge is -2.23. The topological polar surface area (TPSA) is 125 Å². The highest BCUT2D eigenvalue weighted by atomic mass is 16.7. The maximum absolute atomic E-state index is 11.5. The molecule has 0 N–H and O–H groups in total. The minimum atomic E-state index is -0.647. The van der Waals surface area contributed by atoms with Crippen LogP contribution in [-0.4, -0.2) is 90.5 Å². The number of carbonyl (C=O) groups is 3. The third kappa shape index (κ3) is 15.6. The summed E-state index contributed by atoms with van der Waals surface area (Å²) in [6.45, 7) is 4.98. The van der Waals surface area contributed by atoms with Crippen LogP contribution in [0.1, 0.15) is 39.0 Å².